The van der Waals surface area contributed by atoms with Crippen LogP contribution in [0.2, 0.25) is 0 Å². The molecule has 2 atom stereocenters. The summed E-state index contributed by atoms with van der Waals surface area (Å²) >= 11 is 0. The van der Waals surface area contributed by atoms with Crippen LogP contribution in [0, 0.1) is 12.8 Å². The average Bonchev–Trinajstić information content (AvgIpc) is 3.11. The topological polar surface area (TPSA) is 37.4 Å². The van der Waals surface area contributed by atoms with Gasteiger partial charge < -0.3 is 4.90 Å². The second-order valence-corrected chi connectivity index (χ2v) is 10.5. The second-order valence-electron chi connectivity index (χ2n) is 8.49. The van der Waals surface area contributed by atoms with E-state index in [1.165, 1.54) is 4.90 Å². The van der Waals surface area contributed by atoms with Crippen LogP contribution in [0.15, 0.2) is 17.0 Å². The van der Waals surface area contributed by atoms with Gasteiger partial charge in [-0.25, -0.2) is 21.6 Å². The first-order chi connectivity index (χ1) is 13.7. The Morgan fingerprint density at radius 2 is 1.70 bits per heavy atom. The molecule has 10 heteroatoms. The molecule has 170 valence electrons. The van der Waals surface area contributed by atoms with Gasteiger partial charge in [-0.1, -0.05) is 12.8 Å². The minimum atomic E-state index is -4.70. The van der Waals surface area contributed by atoms with Crippen LogP contribution in [0.3, 0.4) is 0 Å². The fraction of sp³-hybridized carbons (Fsp3) is 0.700. The van der Waals surface area contributed by atoms with E-state index in [1.807, 2.05) is 0 Å². The lowest BCUT2D eigenvalue weighted by Gasteiger charge is -2.34. The molecule has 0 radical (unpaired) electrons. The predicted molar refractivity (Wildman–Crippen MR) is 101 cm³/mol. The van der Waals surface area contributed by atoms with Crippen molar-refractivity contribution in [1.82, 2.24) is 0 Å². The summed E-state index contributed by atoms with van der Waals surface area (Å²) < 4.78 is 108. The Bertz CT molecular complexity index is 888. The third-order valence-electron chi connectivity index (χ3n) is 6.05. The zero-order valence-corrected chi connectivity index (χ0v) is 17.6. The lowest BCUT2D eigenvalue weighted by Crippen LogP contribution is -2.39. The van der Waals surface area contributed by atoms with E-state index in [0.29, 0.717) is 19.8 Å². The van der Waals surface area contributed by atoms with E-state index in [2.05, 4.69) is 0 Å². The van der Waals surface area contributed by atoms with Crippen molar-refractivity contribution in [2.45, 2.75) is 80.9 Å². The van der Waals surface area contributed by atoms with E-state index < -0.39 is 50.2 Å². The summed E-state index contributed by atoms with van der Waals surface area (Å²) in [6, 6.07) is 1.40. The van der Waals surface area contributed by atoms with E-state index in [-0.39, 0.29) is 30.3 Å². The first-order valence-corrected chi connectivity index (χ1v) is 11.5. The molecule has 1 heterocycles. The van der Waals surface area contributed by atoms with Crippen LogP contribution >= 0.6 is 0 Å². The minimum Gasteiger partial charge on any atom is -0.367 e. The SMILES string of the molecule is Cc1cc2c(cc1C(F)(F)F)N(C1CCCC1)C[C@@H](CCC(C)(F)F)[C@@H](F)S2(=O)=O. The lowest BCUT2D eigenvalue weighted by atomic mass is 9.99. The molecule has 3 nitrogen and oxygen atoms in total. The molecule has 1 fully saturated rings. The molecule has 0 saturated heterocycles. The Kier molecular flexibility index (Phi) is 6.12. The number of nitrogens with zero attached hydrogens (tertiary/aromatic N) is 1. The quantitative estimate of drug-likeness (QED) is 0.529. The summed E-state index contributed by atoms with van der Waals surface area (Å²) in [4.78, 5) is 1.03. The summed E-state index contributed by atoms with van der Waals surface area (Å²) in [5.41, 5.74) is -3.93. The molecule has 0 amide bonds. The van der Waals surface area contributed by atoms with Gasteiger partial charge in [0.25, 0.3) is 0 Å². The third-order valence-corrected chi connectivity index (χ3v) is 7.96. The van der Waals surface area contributed by atoms with Crippen LogP contribution in [-0.2, 0) is 16.0 Å². The smallest absolute Gasteiger partial charge is 0.367 e. The van der Waals surface area contributed by atoms with Crippen molar-refractivity contribution in [3.05, 3.63) is 23.3 Å². The Morgan fingerprint density at radius 3 is 2.23 bits per heavy atom. The summed E-state index contributed by atoms with van der Waals surface area (Å²) in [5, 5.41) is 0. The number of alkyl halides is 6. The predicted octanol–water partition coefficient (Wildman–Crippen LogP) is 5.90. The molecule has 1 aromatic carbocycles. The van der Waals surface area contributed by atoms with Crippen molar-refractivity contribution in [3.63, 3.8) is 0 Å². The molecule has 30 heavy (non-hydrogen) atoms. The van der Waals surface area contributed by atoms with E-state index in [9.17, 15) is 30.4 Å². The molecule has 1 aromatic rings. The second kappa shape index (κ2) is 7.91. The molecular formula is C20H25F6NO2S. The number of fused-ring (bicyclic) bond motifs is 1. The highest BCUT2D eigenvalue weighted by Crippen LogP contribution is 2.45. The van der Waals surface area contributed by atoms with Gasteiger partial charge in [-0.05, 0) is 50.8 Å². The summed E-state index contributed by atoms with van der Waals surface area (Å²) in [6.07, 6.45) is -2.89. The maximum Gasteiger partial charge on any atom is 0.416 e. The van der Waals surface area contributed by atoms with Crippen molar-refractivity contribution in [2.75, 3.05) is 11.4 Å². The zero-order valence-electron chi connectivity index (χ0n) is 16.8. The standard InChI is InChI=1S/C20H25F6NO2S/c1-12-9-17-16(10-15(12)20(24,25)26)27(14-5-3-4-6-14)11-13(7-8-19(2,22)23)18(21)30(17,28)29/h9-10,13-14,18H,3-8,11H2,1-2H3/t13-,18+/m1/s1. The molecule has 3 rings (SSSR count). The van der Waals surface area contributed by atoms with Gasteiger partial charge in [-0.3, -0.25) is 0 Å². The molecule has 0 aromatic heterocycles. The third kappa shape index (κ3) is 4.57. The van der Waals surface area contributed by atoms with Crippen LogP contribution in [0.4, 0.5) is 32.0 Å². The molecular weight excluding hydrogens is 432 g/mol. The van der Waals surface area contributed by atoms with Crippen LogP contribution in [0.25, 0.3) is 0 Å². The zero-order chi connectivity index (χ0) is 22.5. The Hall–Kier alpha value is -1.45. The number of halogens is 6. The van der Waals surface area contributed by atoms with Crippen LogP contribution < -0.4 is 4.90 Å². The lowest BCUT2D eigenvalue weighted by molar-refractivity contribution is -0.138. The van der Waals surface area contributed by atoms with Crippen molar-refractivity contribution in [1.29, 1.82) is 0 Å². The van der Waals surface area contributed by atoms with Gasteiger partial charge in [-0.2, -0.15) is 13.2 Å². The van der Waals surface area contributed by atoms with Crippen molar-refractivity contribution in [2.24, 2.45) is 5.92 Å². The Morgan fingerprint density at radius 1 is 1.10 bits per heavy atom. The van der Waals surface area contributed by atoms with Gasteiger partial charge in [0.2, 0.25) is 21.3 Å². The van der Waals surface area contributed by atoms with Crippen LogP contribution in [0.1, 0.15) is 56.6 Å². The molecule has 0 N–H and O–H groups in total. The number of anilines is 1. The minimum absolute atomic E-state index is 0.173. The van der Waals surface area contributed by atoms with Gasteiger partial charge in [-0.15, -0.1) is 0 Å². The fourth-order valence-electron chi connectivity index (χ4n) is 4.46. The van der Waals surface area contributed by atoms with Gasteiger partial charge in [0.15, 0.2) is 0 Å². The number of rotatable bonds is 4. The molecule has 0 unspecified atom stereocenters. The van der Waals surface area contributed by atoms with Crippen molar-refractivity contribution >= 4 is 15.5 Å². The Labute approximate surface area is 172 Å². The number of hydrogen-bond acceptors (Lipinski definition) is 3. The van der Waals surface area contributed by atoms with E-state index in [1.54, 1.807) is 0 Å². The van der Waals surface area contributed by atoms with E-state index >= 15 is 4.39 Å². The maximum absolute atomic E-state index is 15.2. The van der Waals surface area contributed by atoms with Gasteiger partial charge in [0, 0.05) is 24.9 Å². The first kappa shape index (κ1) is 23.2. The van der Waals surface area contributed by atoms with Crippen LogP contribution in [0.5, 0.6) is 0 Å². The number of hydrogen-bond donors (Lipinski definition) is 0. The molecule has 0 spiro atoms. The first-order valence-electron chi connectivity index (χ1n) is 9.96. The molecule has 1 aliphatic carbocycles. The van der Waals surface area contributed by atoms with Crippen molar-refractivity contribution in [3.8, 4) is 0 Å². The van der Waals surface area contributed by atoms with Gasteiger partial charge in [0.05, 0.1) is 16.1 Å². The highest BCUT2D eigenvalue weighted by molar-refractivity contribution is 7.92. The van der Waals surface area contributed by atoms with E-state index in [0.717, 1.165) is 31.9 Å². The molecule has 0 bridgehead atoms. The summed E-state index contributed by atoms with van der Waals surface area (Å²) in [6.45, 7) is 1.59. The Balaban J connectivity index is 2.15. The highest BCUT2D eigenvalue weighted by atomic mass is 32.2. The largest absolute Gasteiger partial charge is 0.416 e. The monoisotopic (exact) mass is 457 g/mol. The normalized spacial score (nSPS) is 25.3. The maximum atomic E-state index is 15.2. The molecule has 1 saturated carbocycles. The summed E-state index contributed by atoms with van der Waals surface area (Å²) in [7, 11) is -4.64. The van der Waals surface area contributed by atoms with Crippen molar-refractivity contribution < 1.29 is 34.8 Å². The molecule has 2 aliphatic rings. The number of aryl methyl sites for hydroxylation is 1. The number of benzene rings is 1. The number of sulfone groups is 1. The average molecular weight is 457 g/mol. The summed E-state index contributed by atoms with van der Waals surface area (Å²) in [5.74, 6) is -4.36. The highest BCUT2D eigenvalue weighted by Gasteiger charge is 2.45. The molecule has 1 aliphatic heterocycles. The van der Waals surface area contributed by atoms with E-state index in [4.69, 9.17) is 0 Å². The van der Waals surface area contributed by atoms with Gasteiger partial charge >= 0.3 is 6.18 Å². The van der Waals surface area contributed by atoms with Gasteiger partial charge in [0.1, 0.15) is 0 Å². The fourth-order valence-corrected chi connectivity index (χ4v) is 6.24. The van der Waals surface area contributed by atoms with Crippen LogP contribution in [-0.4, -0.2) is 32.4 Å².